The molecule has 13 heteroatoms. The first-order chi connectivity index (χ1) is 12.2. The molecule has 0 unspecified atom stereocenters. The lowest BCUT2D eigenvalue weighted by molar-refractivity contribution is 0.476. The molecule has 0 spiro atoms. The van der Waals surface area contributed by atoms with Crippen LogP contribution in [0.15, 0.2) is 57.2 Å². The highest BCUT2D eigenvalue weighted by Crippen LogP contribution is 2.29. The molecule has 0 saturated heterocycles. The molecule has 0 aliphatic rings. The molecule has 0 fully saturated rings. The first-order valence-corrected chi connectivity index (χ1v) is 11.6. The zero-order valence-electron chi connectivity index (χ0n) is 14.2. The van der Waals surface area contributed by atoms with Gasteiger partial charge >= 0.3 is 0 Å². The number of primary sulfonamides is 1. The Labute approximate surface area is 157 Å². The lowest BCUT2D eigenvalue weighted by Gasteiger charge is -2.14. The Hall–Kier alpha value is -2.19. The number of anilines is 1. The van der Waals surface area contributed by atoms with Crippen molar-refractivity contribution in [1.82, 2.24) is 4.31 Å². The molecule has 0 saturated carbocycles. The van der Waals surface area contributed by atoms with E-state index in [1.54, 1.807) is 0 Å². The van der Waals surface area contributed by atoms with Gasteiger partial charge in [-0.3, -0.25) is 4.72 Å². The van der Waals surface area contributed by atoms with Gasteiger partial charge in [0.15, 0.2) is 0 Å². The highest BCUT2D eigenvalue weighted by atomic mass is 32.2. The Morgan fingerprint density at radius 1 is 0.889 bits per heavy atom. The molecule has 0 amide bonds. The molecule has 0 heterocycles. The molecule has 0 aliphatic carbocycles. The maximum atomic E-state index is 12.5. The number of rotatable bonds is 6. The van der Waals surface area contributed by atoms with E-state index in [0.717, 1.165) is 40.7 Å². The SMILES string of the molecule is CN(C)S(=O)(=O)c1ccc(O)c(NS(=O)(=O)c2cccc(S(N)(=O)=O)c2)c1. The maximum Gasteiger partial charge on any atom is 0.262 e. The third-order valence-electron chi connectivity index (χ3n) is 3.44. The van der Waals surface area contributed by atoms with E-state index >= 15 is 0 Å². The summed E-state index contributed by atoms with van der Waals surface area (Å²) in [4.78, 5) is -1.10. The molecule has 2 rings (SSSR count). The van der Waals surface area contributed by atoms with Crippen LogP contribution in [0.5, 0.6) is 5.75 Å². The topological polar surface area (TPSA) is 164 Å². The summed E-state index contributed by atoms with van der Waals surface area (Å²) < 4.78 is 75.1. The van der Waals surface area contributed by atoms with Crippen molar-refractivity contribution in [3.8, 4) is 5.75 Å². The summed E-state index contributed by atoms with van der Waals surface area (Å²) in [5.74, 6) is -0.515. The van der Waals surface area contributed by atoms with Crippen LogP contribution in [-0.2, 0) is 30.1 Å². The molecule has 0 aliphatic heterocycles. The van der Waals surface area contributed by atoms with Gasteiger partial charge in [0.1, 0.15) is 5.75 Å². The molecule has 0 aromatic heterocycles. The van der Waals surface area contributed by atoms with E-state index in [1.165, 1.54) is 20.2 Å². The summed E-state index contributed by atoms with van der Waals surface area (Å²) in [7, 11) is -9.75. The molecule has 0 radical (unpaired) electrons. The quantitative estimate of drug-likeness (QED) is 0.541. The number of aromatic hydroxyl groups is 1. The highest BCUT2D eigenvalue weighted by Gasteiger charge is 2.22. The van der Waals surface area contributed by atoms with Crippen molar-refractivity contribution in [1.29, 1.82) is 0 Å². The van der Waals surface area contributed by atoms with Crippen LogP contribution in [0.25, 0.3) is 0 Å². The van der Waals surface area contributed by atoms with Gasteiger partial charge in [-0.05, 0) is 36.4 Å². The Morgan fingerprint density at radius 2 is 1.48 bits per heavy atom. The van der Waals surface area contributed by atoms with Gasteiger partial charge in [0.25, 0.3) is 10.0 Å². The third-order valence-corrected chi connectivity index (χ3v) is 7.52. The molecule has 0 bridgehead atoms. The van der Waals surface area contributed by atoms with Crippen molar-refractivity contribution in [2.75, 3.05) is 18.8 Å². The van der Waals surface area contributed by atoms with E-state index in [0.29, 0.717) is 0 Å². The fourth-order valence-corrected chi connectivity index (χ4v) is 4.66. The fraction of sp³-hybridized carbons (Fsp3) is 0.143. The number of sulfonamides is 3. The minimum atomic E-state index is -4.34. The van der Waals surface area contributed by atoms with E-state index in [4.69, 9.17) is 5.14 Å². The van der Waals surface area contributed by atoms with E-state index in [2.05, 4.69) is 0 Å². The zero-order valence-corrected chi connectivity index (χ0v) is 16.6. The first kappa shape index (κ1) is 21.1. The number of phenolic OH excluding ortho intramolecular Hbond substituents is 1. The number of phenols is 1. The molecule has 0 atom stereocenters. The third kappa shape index (κ3) is 4.56. The standard InChI is InChI=1S/C14H17N3O7S3/c1-17(2)27(23,24)12-6-7-14(18)13(9-12)16-26(21,22)11-5-3-4-10(8-11)25(15,19)20/h3-9,16,18H,1-2H3,(H2,15,19,20). The average molecular weight is 436 g/mol. The van der Waals surface area contributed by atoms with Crippen LogP contribution in [-0.4, -0.2) is 48.8 Å². The molecule has 148 valence electrons. The van der Waals surface area contributed by atoms with Crippen LogP contribution < -0.4 is 9.86 Å². The molecule has 2 aromatic carbocycles. The number of nitrogens with zero attached hydrogens (tertiary/aromatic N) is 1. The van der Waals surface area contributed by atoms with Crippen molar-refractivity contribution in [2.45, 2.75) is 14.7 Å². The van der Waals surface area contributed by atoms with Crippen LogP contribution in [0, 0.1) is 0 Å². The van der Waals surface area contributed by atoms with Crippen LogP contribution in [0.1, 0.15) is 0 Å². The van der Waals surface area contributed by atoms with Crippen LogP contribution in [0.2, 0.25) is 0 Å². The number of nitrogens with two attached hydrogens (primary N) is 1. The first-order valence-electron chi connectivity index (χ1n) is 7.16. The summed E-state index contributed by atoms with van der Waals surface area (Å²) in [6.45, 7) is 0. The van der Waals surface area contributed by atoms with Gasteiger partial charge in [0.05, 0.1) is 20.4 Å². The fourth-order valence-electron chi connectivity index (χ4n) is 1.99. The molecule has 2 aromatic rings. The Bertz CT molecular complexity index is 1190. The largest absolute Gasteiger partial charge is 0.506 e. The van der Waals surface area contributed by atoms with Gasteiger partial charge < -0.3 is 5.11 Å². The van der Waals surface area contributed by atoms with E-state index < -0.39 is 45.6 Å². The molecular formula is C14H17N3O7S3. The van der Waals surface area contributed by atoms with Crippen molar-refractivity contribution >= 4 is 35.8 Å². The Balaban J connectivity index is 2.50. The van der Waals surface area contributed by atoms with Crippen molar-refractivity contribution in [2.24, 2.45) is 5.14 Å². The Kier molecular flexibility index (Phi) is 5.54. The number of benzene rings is 2. The van der Waals surface area contributed by atoms with Gasteiger partial charge in [-0.15, -0.1) is 0 Å². The predicted octanol–water partition coefficient (Wildman–Crippen LogP) is 0.0907. The maximum absolute atomic E-state index is 12.5. The number of hydrogen-bond acceptors (Lipinski definition) is 7. The van der Waals surface area contributed by atoms with E-state index in [-0.39, 0.29) is 10.6 Å². The molecule has 27 heavy (non-hydrogen) atoms. The van der Waals surface area contributed by atoms with Crippen molar-refractivity contribution < 1.29 is 30.4 Å². The molecular weight excluding hydrogens is 418 g/mol. The second-order valence-corrected chi connectivity index (χ2v) is 11.0. The minimum absolute atomic E-state index is 0.249. The van der Waals surface area contributed by atoms with Gasteiger partial charge in [-0.2, -0.15) is 0 Å². The van der Waals surface area contributed by atoms with Gasteiger partial charge in [-0.25, -0.2) is 34.7 Å². The summed E-state index contributed by atoms with van der Waals surface area (Å²) in [6, 6.07) is 7.35. The average Bonchev–Trinajstić information content (AvgIpc) is 2.55. The summed E-state index contributed by atoms with van der Waals surface area (Å²) in [5, 5.41) is 14.9. The van der Waals surface area contributed by atoms with Crippen molar-refractivity contribution in [3.63, 3.8) is 0 Å². The lowest BCUT2D eigenvalue weighted by Crippen LogP contribution is -2.22. The second kappa shape index (κ2) is 7.09. The summed E-state index contributed by atoms with van der Waals surface area (Å²) >= 11 is 0. The zero-order chi connectivity index (χ0) is 20.6. The van der Waals surface area contributed by atoms with Gasteiger partial charge in [0.2, 0.25) is 20.0 Å². The van der Waals surface area contributed by atoms with Crippen LogP contribution >= 0.6 is 0 Å². The molecule has 4 N–H and O–H groups in total. The number of nitrogens with one attached hydrogen (secondary N) is 1. The minimum Gasteiger partial charge on any atom is -0.506 e. The Morgan fingerprint density at radius 3 is 2.04 bits per heavy atom. The summed E-state index contributed by atoms with van der Waals surface area (Å²) in [6.07, 6.45) is 0. The van der Waals surface area contributed by atoms with Gasteiger partial charge in [-0.1, -0.05) is 6.07 Å². The second-order valence-electron chi connectivity index (χ2n) is 5.59. The lowest BCUT2D eigenvalue weighted by atomic mass is 10.3. The van der Waals surface area contributed by atoms with Crippen LogP contribution in [0.4, 0.5) is 5.69 Å². The van der Waals surface area contributed by atoms with Crippen molar-refractivity contribution in [3.05, 3.63) is 42.5 Å². The predicted molar refractivity (Wildman–Crippen MR) is 97.6 cm³/mol. The normalized spacial score (nSPS) is 12.9. The van der Waals surface area contributed by atoms with E-state index in [1.807, 2.05) is 4.72 Å². The highest BCUT2D eigenvalue weighted by molar-refractivity contribution is 7.93. The van der Waals surface area contributed by atoms with Crippen LogP contribution in [0.3, 0.4) is 0 Å². The van der Waals surface area contributed by atoms with E-state index in [9.17, 15) is 30.4 Å². The van der Waals surface area contributed by atoms with Gasteiger partial charge in [0, 0.05) is 14.1 Å². The molecule has 10 nitrogen and oxygen atoms in total. The smallest absolute Gasteiger partial charge is 0.262 e. The number of hydrogen-bond donors (Lipinski definition) is 3. The summed E-state index contributed by atoms with van der Waals surface area (Å²) in [5.41, 5.74) is -0.390. The monoisotopic (exact) mass is 435 g/mol.